The number of esters is 1. The lowest BCUT2D eigenvalue weighted by Crippen LogP contribution is -2.37. The summed E-state index contributed by atoms with van der Waals surface area (Å²) in [6.45, 7) is 2.94. The Labute approximate surface area is 113 Å². The van der Waals surface area contributed by atoms with Crippen molar-refractivity contribution in [2.24, 2.45) is 0 Å². The van der Waals surface area contributed by atoms with Gasteiger partial charge in [-0.25, -0.2) is 9.18 Å². The number of nitrogens with zero attached hydrogens (tertiary/aromatic N) is 1. The number of carbonyl (C=O) groups excluding carboxylic acids is 1. The molecule has 1 aliphatic heterocycles. The maximum Gasteiger partial charge on any atom is 0.330 e. The van der Waals surface area contributed by atoms with Gasteiger partial charge in [0.1, 0.15) is 6.10 Å². The summed E-state index contributed by atoms with van der Waals surface area (Å²) >= 11 is 0. The van der Waals surface area contributed by atoms with Gasteiger partial charge in [0.25, 0.3) is 5.56 Å². The van der Waals surface area contributed by atoms with E-state index >= 15 is 0 Å². The van der Waals surface area contributed by atoms with Crippen molar-refractivity contribution in [1.29, 1.82) is 0 Å². The Morgan fingerprint density at radius 1 is 1.55 bits per heavy atom. The lowest BCUT2D eigenvalue weighted by molar-refractivity contribution is -0.151. The Morgan fingerprint density at radius 3 is 2.80 bits per heavy atom. The first kappa shape index (κ1) is 14.4. The van der Waals surface area contributed by atoms with Gasteiger partial charge in [-0.15, -0.1) is 0 Å². The molecule has 1 fully saturated rings. The highest BCUT2D eigenvalue weighted by atomic mass is 19.1. The number of halogens is 1. The van der Waals surface area contributed by atoms with E-state index in [2.05, 4.69) is 0 Å². The number of aromatic amines is 1. The summed E-state index contributed by atoms with van der Waals surface area (Å²) in [6, 6.07) is 1.09. The number of rotatable bonds is 3. The largest absolute Gasteiger partial charge is 0.456 e. The highest BCUT2D eigenvalue weighted by molar-refractivity contribution is 5.66. The summed E-state index contributed by atoms with van der Waals surface area (Å²) in [6.07, 6.45) is -3.05. The van der Waals surface area contributed by atoms with Crippen molar-refractivity contribution in [3.05, 3.63) is 33.1 Å². The molecule has 0 bridgehead atoms. The van der Waals surface area contributed by atoms with Gasteiger partial charge in [0.05, 0.1) is 0 Å². The van der Waals surface area contributed by atoms with Crippen molar-refractivity contribution in [3.8, 4) is 0 Å². The van der Waals surface area contributed by atoms with E-state index < -0.39 is 41.8 Å². The zero-order valence-corrected chi connectivity index (χ0v) is 11.0. The standard InChI is InChI=1S/C12H15FN2O5/c1-3-7-10(19-6(2)16)9(13)11(20-7)15-5-4-8(17)14-12(15)18/h4-5,7,9-11H,3H2,1-2H3,(H,14,17,18)/t7-,9+,10?,11-/m1/s1. The van der Waals surface area contributed by atoms with Crippen molar-refractivity contribution in [3.63, 3.8) is 0 Å². The van der Waals surface area contributed by atoms with Crippen LogP contribution in [0, 0.1) is 0 Å². The Kier molecular flexibility index (Phi) is 4.03. The fourth-order valence-electron chi connectivity index (χ4n) is 2.21. The predicted molar refractivity (Wildman–Crippen MR) is 66.0 cm³/mol. The molecule has 7 nitrogen and oxygen atoms in total. The normalized spacial score (nSPS) is 29.4. The molecule has 1 N–H and O–H groups in total. The Hall–Kier alpha value is -1.96. The van der Waals surface area contributed by atoms with Crippen LogP contribution in [0.4, 0.5) is 4.39 Å². The lowest BCUT2D eigenvalue weighted by atomic mass is 10.1. The monoisotopic (exact) mass is 286 g/mol. The topological polar surface area (TPSA) is 90.4 Å². The second kappa shape index (κ2) is 5.58. The third-order valence-electron chi connectivity index (χ3n) is 3.10. The van der Waals surface area contributed by atoms with Crippen LogP contribution in [0.2, 0.25) is 0 Å². The first-order valence-electron chi connectivity index (χ1n) is 6.22. The zero-order chi connectivity index (χ0) is 14.9. The van der Waals surface area contributed by atoms with E-state index in [1.165, 1.54) is 6.92 Å². The number of alkyl halides is 1. The van der Waals surface area contributed by atoms with Gasteiger partial charge in [0.2, 0.25) is 0 Å². The summed E-state index contributed by atoms with van der Waals surface area (Å²) in [7, 11) is 0. The van der Waals surface area contributed by atoms with Crippen LogP contribution in [0.5, 0.6) is 0 Å². The first-order valence-corrected chi connectivity index (χ1v) is 6.22. The smallest absolute Gasteiger partial charge is 0.330 e. The molecular weight excluding hydrogens is 271 g/mol. The highest BCUT2D eigenvalue weighted by Gasteiger charge is 2.47. The highest BCUT2D eigenvalue weighted by Crippen LogP contribution is 2.34. The molecule has 1 aromatic rings. The number of nitrogens with one attached hydrogen (secondary N) is 1. The van der Waals surface area contributed by atoms with Crippen LogP contribution >= 0.6 is 0 Å². The number of aromatic nitrogens is 2. The molecule has 0 aromatic carbocycles. The van der Waals surface area contributed by atoms with Gasteiger partial charge >= 0.3 is 11.7 Å². The van der Waals surface area contributed by atoms with E-state index in [-0.39, 0.29) is 0 Å². The number of hydrogen-bond donors (Lipinski definition) is 1. The molecule has 0 aliphatic carbocycles. The van der Waals surface area contributed by atoms with E-state index in [0.29, 0.717) is 6.42 Å². The van der Waals surface area contributed by atoms with E-state index in [9.17, 15) is 18.8 Å². The fraction of sp³-hybridized carbons (Fsp3) is 0.583. The van der Waals surface area contributed by atoms with Crippen LogP contribution in [0.25, 0.3) is 0 Å². The third-order valence-corrected chi connectivity index (χ3v) is 3.10. The predicted octanol–water partition coefficient (Wildman–Crippen LogP) is 0.114. The third kappa shape index (κ3) is 2.64. The molecule has 0 radical (unpaired) electrons. The van der Waals surface area contributed by atoms with Gasteiger partial charge in [-0.05, 0) is 6.42 Å². The summed E-state index contributed by atoms with van der Waals surface area (Å²) < 4.78 is 25.7. The molecule has 1 unspecified atom stereocenters. The van der Waals surface area contributed by atoms with Crippen LogP contribution in [0.3, 0.4) is 0 Å². The molecule has 2 rings (SSSR count). The van der Waals surface area contributed by atoms with Crippen LogP contribution < -0.4 is 11.2 Å². The van der Waals surface area contributed by atoms with Crippen LogP contribution in [0.1, 0.15) is 26.5 Å². The lowest BCUT2D eigenvalue weighted by Gasteiger charge is -2.17. The fourth-order valence-corrected chi connectivity index (χ4v) is 2.21. The van der Waals surface area contributed by atoms with Crippen molar-refractivity contribution in [2.45, 2.75) is 44.9 Å². The maximum atomic E-state index is 14.4. The molecule has 20 heavy (non-hydrogen) atoms. The molecule has 8 heteroatoms. The molecule has 4 atom stereocenters. The summed E-state index contributed by atoms with van der Waals surface area (Å²) in [5, 5.41) is 0. The summed E-state index contributed by atoms with van der Waals surface area (Å²) in [4.78, 5) is 35.7. The van der Waals surface area contributed by atoms with Gasteiger partial charge in [-0.3, -0.25) is 19.1 Å². The second-order valence-corrected chi connectivity index (χ2v) is 4.51. The van der Waals surface area contributed by atoms with Crippen molar-refractivity contribution < 1.29 is 18.7 Å². The number of hydrogen-bond acceptors (Lipinski definition) is 5. The molecule has 0 saturated carbocycles. The van der Waals surface area contributed by atoms with E-state index in [1.54, 1.807) is 6.92 Å². The van der Waals surface area contributed by atoms with Gasteiger partial charge in [0.15, 0.2) is 18.5 Å². The van der Waals surface area contributed by atoms with Crippen molar-refractivity contribution in [2.75, 3.05) is 0 Å². The van der Waals surface area contributed by atoms with E-state index in [4.69, 9.17) is 9.47 Å². The van der Waals surface area contributed by atoms with Crippen LogP contribution in [-0.2, 0) is 14.3 Å². The van der Waals surface area contributed by atoms with Gasteiger partial charge < -0.3 is 9.47 Å². The molecule has 2 heterocycles. The summed E-state index contributed by atoms with van der Waals surface area (Å²) in [5.41, 5.74) is -1.35. The van der Waals surface area contributed by atoms with Gasteiger partial charge in [-0.2, -0.15) is 0 Å². The van der Waals surface area contributed by atoms with Gasteiger partial charge in [-0.1, -0.05) is 6.92 Å². The molecule has 1 aromatic heterocycles. The Morgan fingerprint density at radius 2 is 2.25 bits per heavy atom. The van der Waals surface area contributed by atoms with E-state index in [1.807, 2.05) is 4.98 Å². The minimum Gasteiger partial charge on any atom is -0.456 e. The zero-order valence-electron chi connectivity index (χ0n) is 11.0. The van der Waals surface area contributed by atoms with Crippen LogP contribution in [0.15, 0.2) is 21.9 Å². The van der Waals surface area contributed by atoms with Gasteiger partial charge in [0, 0.05) is 19.2 Å². The molecular formula is C12H15FN2O5. The Balaban J connectivity index is 2.32. The molecule has 1 saturated heterocycles. The minimum absolute atomic E-state index is 0.424. The molecule has 0 amide bonds. The number of ether oxygens (including phenoxy) is 2. The average molecular weight is 286 g/mol. The number of carbonyl (C=O) groups is 1. The van der Waals surface area contributed by atoms with Crippen molar-refractivity contribution in [1.82, 2.24) is 9.55 Å². The van der Waals surface area contributed by atoms with Crippen LogP contribution in [-0.4, -0.2) is 33.9 Å². The average Bonchev–Trinajstić information content (AvgIpc) is 2.67. The SMILES string of the molecule is CC[C@H]1O[C@@H](n2ccc(=O)[nH]c2=O)[C@@H](F)C1OC(C)=O. The first-order chi connectivity index (χ1) is 9.43. The minimum atomic E-state index is -1.69. The van der Waals surface area contributed by atoms with Crippen molar-refractivity contribution >= 4 is 5.97 Å². The molecule has 1 aliphatic rings. The quantitative estimate of drug-likeness (QED) is 0.797. The number of H-pyrrole nitrogens is 1. The summed E-state index contributed by atoms with van der Waals surface area (Å²) in [5.74, 6) is -0.617. The Bertz CT molecular complexity index is 610. The second-order valence-electron chi connectivity index (χ2n) is 4.51. The van der Waals surface area contributed by atoms with E-state index in [0.717, 1.165) is 16.8 Å². The molecule has 0 spiro atoms. The molecule has 110 valence electrons. The maximum absolute atomic E-state index is 14.4.